The van der Waals surface area contributed by atoms with Gasteiger partial charge in [0.2, 0.25) is 5.91 Å². The summed E-state index contributed by atoms with van der Waals surface area (Å²) in [4.78, 5) is 13.8. The first-order valence-electron chi connectivity index (χ1n) is 6.15. The highest BCUT2D eigenvalue weighted by Crippen LogP contribution is 2.17. The number of amides is 1. The Morgan fingerprint density at radius 2 is 2.38 bits per heavy atom. The van der Waals surface area contributed by atoms with E-state index in [9.17, 15) is 4.79 Å². The quantitative estimate of drug-likeness (QED) is 0.738. The van der Waals surface area contributed by atoms with Crippen molar-refractivity contribution in [1.29, 1.82) is 0 Å². The highest BCUT2D eigenvalue weighted by Gasteiger charge is 2.25. The SMILES string of the molecule is COCC1CCN(C(=O)CCCC(C)N)C1. The summed E-state index contributed by atoms with van der Waals surface area (Å²) < 4.78 is 5.11. The third kappa shape index (κ3) is 4.49. The van der Waals surface area contributed by atoms with Crippen LogP contribution in [0.5, 0.6) is 0 Å². The average Bonchev–Trinajstić information content (AvgIpc) is 2.66. The van der Waals surface area contributed by atoms with Crippen LogP contribution in [-0.4, -0.2) is 43.7 Å². The van der Waals surface area contributed by atoms with Crippen LogP contribution in [0.25, 0.3) is 0 Å². The molecule has 2 atom stereocenters. The maximum absolute atomic E-state index is 11.8. The number of nitrogens with two attached hydrogens (primary N) is 1. The third-order valence-electron chi connectivity index (χ3n) is 3.09. The van der Waals surface area contributed by atoms with E-state index in [0.29, 0.717) is 12.3 Å². The number of ether oxygens (including phenoxy) is 1. The first-order chi connectivity index (χ1) is 7.63. The molecule has 1 saturated heterocycles. The second-order valence-corrected chi connectivity index (χ2v) is 4.82. The minimum atomic E-state index is 0.201. The lowest BCUT2D eigenvalue weighted by atomic mass is 10.1. The van der Waals surface area contributed by atoms with Gasteiger partial charge in [-0.3, -0.25) is 4.79 Å². The summed E-state index contributed by atoms with van der Waals surface area (Å²) in [6.45, 7) is 4.51. The second-order valence-electron chi connectivity index (χ2n) is 4.82. The summed E-state index contributed by atoms with van der Waals surface area (Å²) >= 11 is 0. The van der Waals surface area contributed by atoms with Crippen molar-refractivity contribution in [2.24, 2.45) is 11.7 Å². The van der Waals surface area contributed by atoms with Gasteiger partial charge in [-0.05, 0) is 26.2 Å². The van der Waals surface area contributed by atoms with Crippen LogP contribution < -0.4 is 5.73 Å². The summed E-state index contributed by atoms with van der Waals surface area (Å²) in [5.74, 6) is 0.807. The Morgan fingerprint density at radius 1 is 1.62 bits per heavy atom. The molecule has 4 heteroatoms. The molecule has 1 heterocycles. The number of rotatable bonds is 6. The topological polar surface area (TPSA) is 55.6 Å². The summed E-state index contributed by atoms with van der Waals surface area (Å²) in [5, 5.41) is 0. The standard InChI is InChI=1S/C12H24N2O2/c1-10(13)4-3-5-12(15)14-7-6-11(8-14)9-16-2/h10-11H,3-9,13H2,1-2H3. The Kier molecular flexibility index (Phi) is 5.77. The molecule has 2 N–H and O–H groups in total. The van der Waals surface area contributed by atoms with E-state index in [1.807, 2.05) is 11.8 Å². The molecule has 0 aliphatic carbocycles. The number of carbonyl (C=O) groups is 1. The Bertz CT molecular complexity index is 219. The van der Waals surface area contributed by atoms with Gasteiger partial charge in [-0.25, -0.2) is 0 Å². The lowest BCUT2D eigenvalue weighted by molar-refractivity contribution is -0.130. The lowest BCUT2D eigenvalue weighted by Gasteiger charge is -2.16. The van der Waals surface area contributed by atoms with Crippen LogP contribution in [0, 0.1) is 5.92 Å². The van der Waals surface area contributed by atoms with E-state index in [-0.39, 0.29) is 11.9 Å². The third-order valence-corrected chi connectivity index (χ3v) is 3.09. The van der Waals surface area contributed by atoms with Gasteiger partial charge in [-0.2, -0.15) is 0 Å². The molecule has 94 valence electrons. The zero-order valence-electron chi connectivity index (χ0n) is 10.4. The van der Waals surface area contributed by atoms with Gasteiger partial charge in [-0.15, -0.1) is 0 Å². The van der Waals surface area contributed by atoms with Crippen LogP contribution in [0.3, 0.4) is 0 Å². The lowest BCUT2D eigenvalue weighted by Crippen LogP contribution is -2.29. The van der Waals surface area contributed by atoms with Gasteiger partial charge in [0.05, 0.1) is 6.61 Å². The molecule has 1 rings (SSSR count). The van der Waals surface area contributed by atoms with E-state index in [4.69, 9.17) is 10.5 Å². The van der Waals surface area contributed by atoms with E-state index in [1.165, 1.54) is 0 Å². The maximum atomic E-state index is 11.8. The minimum absolute atomic E-state index is 0.201. The molecular weight excluding hydrogens is 204 g/mol. The van der Waals surface area contributed by atoms with Crippen molar-refractivity contribution in [3.05, 3.63) is 0 Å². The van der Waals surface area contributed by atoms with E-state index in [1.54, 1.807) is 7.11 Å². The number of carbonyl (C=O) groups excluding carboxylic acids is 1. The molecule has 0 spiro atoms. The first-order valence-corrected chi connectivity index (χ1v) is 6.15. The van der Waals surface area contributed by atoms with Gasteiger partial charge in [0.25, 0.3) is 0 Å². The smallest absolute Gasteiger partial charge is 0.222 e. The number of hydrogen-bond donors (Lipinski definition) is 1. The van der Waals surface area contributed by atoms with Crippen LogP contribution in [0.15, 0.2) is 0 Å². The molecule has 0 aromatic rings. The highest BCUT2D eigenvalue weighted by atomic mass is 16.5. The molecule has 0 saturated carbocycles. The summed E-state index contributed by atoms with van der Waals surface area (Å²) in [5.41, 5.74) is 5.65. The van der Waals surface area contributed by atoms with E-state index in [0.717, 1.165) is 39.0 Å². The van der Waals surface area contributed by atoms with Crippen molar-refractivity contribution in [2.45, 2.75) is 38.6 Å². The van der Waals surface area contributed by atoms with Gasteiger partial charge in [0.15, 0.2) is 0 Å². The van der Waals surface area contributed by atoms with Crippen LogP contribution in [0.4, 0.5) is 0 Å². The van der Waals surface area contributed by atoms with Crippen molar-refractivity contribution in [3.8, 4) is 0 Å². The molecule has 1 aliphatic heterocycles. The number of likely N-dealkylation sites (tertiary alicyclic amines) is 1. The molecule has 0 radical (unpaired) electrons. The van der Waals surface area contributed by atoms with Gasteiger partial charge < -0.3 is 15.4 Å². The van der Waals surface area contributed by atoms with Crippen LogP contribution in [0.2, 0.25) is 0 Å². The van der Waals surface area contributed by atoms with Gasteiger partial charge in [-0.1, -0.05) is 0 Å². The molecule has 1 amide bonds. The average molecular weight is 228 g/mol. The zero-order valence-corrected chi connectivity index (χ0v) is 10.4. The van der Waals surface area contributed by atoms with Crippen molar-refractivity contribution < 1.29 is 9.53 Å². The minimum Gasteiger partial charge on any atom is -0.384 e. The predicted octanol–water partition coefficient (Wildman–Crippen LogP) is 0.999. The number of hydrogen-bond acceptors (Lipinski definition) is 3. The molecule has 1 aliphatic rings. The van der Waals surface area contributed by atoms with E-state index >= 15 is 0 Å². The Balaban J connectivity index is 2.18. The second kappa shape index (κ2) is 6.86. The van der Waals surface area contributed by atoms with Crippen LogP contribution in [-0.2, 0) is 9.53 Å². The molecular formula is C12H24N2O2. The molecule has 16 heavy (non-hydrogen) atoms. The Labute approximate surface area is 98.1 Å². The van der Waals surface area contributed by atoms with Gasteiger partial charge in [0.1, 0.15) is 0 Å². The fraction of sp³-hybridized carbons (Fsp3) is 0.917. The van der Waals surface area contributed by atoms with Gasteiger partial charge in [0, 0.05) is 38.6 Å². The zero-order chi connectivity index (χ0) is 12.0. The molecule has 0 bridgehead atoms. The molecule has 0 aromatic carbocycles. The number of methoxy groups -OCH3 is 1. The first kappa shape index (κ1) is 13.5. The summed E-state index contributed by atoms with van der Waals surface area (Å²) in [6.07, 6.45) is 3.55. The van der Waals surface area contributed by atoms with Crippen molar-refractivity contribution >= 4 is 5.91 Å². The van der Waals surface area contributed by atoms with Crippen LogP contribution in [0.1, 0.15) is 32.6 Å². The Hall–Kier alpha value is -0.610. The Morgan fingerprint density at radius 3 is 3.00 bits per heavy atom. The molecule has 2 unspecified atom stereocenters. The fourth-order valence-corrected chi connectivity index (χ4v) is 2.16. The molecule has 0 aromatic heterocycles. The predicted molar refractivity (Wildman–Crippen MR) is 64.1 cm³/mol. The van der Waals surface area contributed by atoms with Crippen molar-refractivity contribution in [3.63, 3.8) is 0 Å². The normalized spacial score (nSPS) is 22.4. The van der Waals surface area contributed by atoms with E-state index in [2.05, 4.69) is 0 Å². The maximum Gasteiger partial charge on any atom is 0.222 e. The monoisotopic (exact) mass is 228 g/mol. The van der Waals surface area contributed by atoms with Crippen molar-refractivity contribution in [2.75, 3.05) is 26.8 Å². The summed E-state index contributed by atoms with van der Waals surface area (Å²) in [7, 11) is 1.72. The van der Waals surface area contributed by atoms with E-state index < -0.39 is 0 Å². The highest BCUT2D eigenvalue weighted by molar-refractivity contribution is 5.76. The fourth-order valence-electron chi connectivity index (χ4n) is 2.16. The largest absolute Gasteiger partial charge is 0.384 e. The van der Waals surface area contributed by atoms with Crippen LogP contribution >= 0.6 is 0 Å². The number of nitrogens with zero attached hydrogens (tertiary/aromatic N) is 1. The van der Waals surface area contributed by atoms with Crippen molar-refractivity contribution in [1.82, 2.24) is 4.90 Å². The van der Waals surface area contributed by atoms with Gasteiger partial charge >= 0.3 is 0 Å². The summed E-state index contributed by atoms with van der Waals surface area (Å²) in [6, 6.07) is 0.201. The molecule has 4 nitrogen and oxygen atoms in total. The molecule has 1 fully saturated rings.